The number of nitrogens with one attached hydrogen (secondary N) is 1. The lowest BCUT2D eigenvalue weighted by Gasteiger charge is -2.12. The fraction of sp³-hybridized carbons (Fsp3) is 0.125. The van der Waals surface area contributed by atoms with E-state index in [4.69, 9.17) is 22.1 Å². The number of nitrogens with zero attached hydrogens (tertiary/aromatic N) is 4. The Morgan fingerprint density at radius 3 is 2.51 bits per heavy atom. The van der Waals surface area contributed by atoms with Gasteiger partial charge in [-0.15, -0.1) is 0 Å². The van der Waals surface area contributed by atoms with E-state index in [9.17, 15) is 14.0 Å². The monoisotopic (exact) mass is 492 g/mol. The van der Waals surface area contributed by atoms with E-state index >= 15 is 0 Å². The molecule has 1 aromatic carbocycles. The summed E-state index contributed by atoms with van der Waals surface area (Å²) in [6, 6.07) is 7.31. The molecule has 0 atom stereocenters. The summed E-state index contributed by atoms with van der Waals surface area (Å²) in [4.78, 5) is 38.1. The van der Waals surface area contributed by atoms with Gasteiger partial charge in [0.15, 0.2) is 11.5 Å². The fourth-order valence-electron chi connectivity index (χ4n) is 3.43. The highest BCUT2D eigenvalue weighted by atomic mass is 35.5. The Morgan fingerprint density at radius 2 is 1.83 bits per heavy atom. The van der Waals surface area contributed by atoms with Crippen LogP contribution < -0.4 is 21.2 Å². The van der Waals surface area contributed by atoms with Crippen molar-refractivity contribution in [3.63, 3.8) is 0 Å². The van der Waals surface area contributed by atoms with Gasteiger partial charge in [-0.1, -0.05) is 23.7 Å². The normalized spacial score (nSPS) is 12.9. The number of carbonyl (C=O) groups excluding carboxylic acids is 1. The maximum atomic E-state index is 13.4. The van der Waals surface area contributed by atoms with Gasteiger partial charge in [-0.3, -0.25) is 14.9 Å². The molecule has 1 fully saturated rings. The van der Waals surface area contributed by atoms with Crippen molar-refractivity contribution < 1.29 is 13.9 Å². The van der Waals surface area contributed by atoms with Crippen LogP contribution >= 0.6 is 11.6 Å². The Hall–Kier alpha value is -4.31. The largest absolute Gasteiger partial charge is 0.452 e. The van der Waals surface area contributed by atoms with Crippen molar-refractivity contribution in [1.29, 1.82) is 0 Å². The topological polar surface area (TPSA) is 125 Å². The first-order valence-electron chi connectivity index (χ1n) is 10.6. The zero-order valence-corrected chi connectivity index (χ0v) is 18.9. The van der Waals surface area contributed by atoms with E-state index in [0.29, 0.717) is 11.1 Å². The number of anilines is 2. The summed E-state index contributed by atoms with van der Waals surface area (Å²) in [5.41, 5.74) is 5.95. The summed E-state index contributed by atoms with van der Waals surface area (Å²) < 4.78 is 20.8. The number of ether oxygens (including phenoxy) is 1. The van der Waals surface area contributed by atoms with Crippen molar-refractivity contribution in [3.05, 3.63) is 87.9 Å². The number of rotatable bonds is 6. The number of carbonyl (C=O) groups is 1. The zero-order valence-electron chi connectivity index (χ0n) is 18.1. The number of nitrogens with two attached hydrogens (primary N) is 1. The standard InChI is InChI=1S/C24H18ClFN6O3/c25-20-19(7-8-28-22(20)27)35-16-9-29-24(30-10-16)31-23(34)18-12-32(15-5-6-15)11-17(21(18)33)13-1-3-14(26)4-2-13/h1-4,7-12,15H,5-6H2,(H2,27,28)(H,29,30,31,34). The van der Waals surface area contributed by atoms with Gasteiger partial charge in [0.25, 0.3) is 5.91 Å². The molecule has 9 nitrogen and oxygen atoms in total. The quantitative estimate of drug-likeness (QED) is 0.407. The molecule has 0 spiro atoms. The van der Waals surface area contributed by atoms with Crippen molar-refractivity contribution in [1.82, 2.24) is 19.5 Å². The van der Waals surface area contributed by atoms with Gasteiger partial charge >= 0.3 is 0 Å². The second-order valence-corrected chi connectivity index (χ2v) is 8.28. The number of pyridine rings is 2. The summed E-state index contributed by atoms with van der Waals surface area (Å²) in [7, 11) is 0. The number of amides is 1. The molecular formula is C24H18ClFN6O3. The Labute approximate surface area is 203 Å². The zero-order chi connectivity index (χ0) is 24.5. The Kier molecular flexibility index (Phi) is 5.87. The van der Waals surface area contributed by atoms with Gasteiger partial charge in [0.1, 0.15) is 22.2 Å². The van der Waals surface area contributed by atoms with Crippen LogP contribution in [0.1, 0.15) is 29.2 Å². The third-order valence-corrected chi connectivity index (χ3v) is 5.76. The molecule has 176 valence electrons. The summed E-state index contributed by atoms with van der Waals surface area (Å²) in [5, 5.41) is 2.69. The molecular weight excluding hydrogens is 475 g/mol. The Bertz CT molecular complexity index is 1470. The van der Waals surface area contributed by atoms with Crippen molar-refractivity contribution in [2.45, 2.75) is 18.9 Å². The minimum atomic E-state index is -0.660. The lowest BCUT2D eigenvalue weighted by molar-refractivity contribution is 0.102. The molecule has 3 N–H and O–H groups in total. The van der Waals surface area contributed by atoms with Crippen molar-refractivity contribution in [2.75, 3.05) is 11.1 Å². The molecule has 1 aliphatic rings. The average Bonchev–Trinajstić information content (AvgIpc) is 3.70. The van der Waals surface area contributed by atoms with Crippen LogP contribution in [-0.2, 0) is 0 Å². The van der Waals surface area contributed by atoms with Crippen LogP contribution in [0.5, 0.6) is 11.5 Å². The summed E-state index contributed by atoms with van der Waals surface area (Å²) in [6.45, 7) is 0. The highest BCUT2D eigenvalue weighted by Crippen LogP contribution is 2.35. The predicted octanol–water partition coefficient (Wildman–Crippen LogP) is 4.45. The van der Waals surface area contributed by atoms with Crippen molar-refractivity contribution >= 4 is 29.3 Å². The van der Waals surface area contributed by atoms with E-state index in [0.717, 1.165) is 12.8 Å². The molecule has 0 bridgehead atoms. The molecule has 1 aliphatic carbocycles. The van der Waals surface area contributed by atoms with Crippen LogP contribution in [-0.4, -0.2) is 25.4 Å². The van der Waals surface area contributed by atoms with Gasteiger partial charge in [0.05, 0.1) is 12.4 Å². The number of halogens is 2. The number of nitrogen functional groups attached to an aromatic ring is 1. The molecule has 11 heteroatoms. The summed E-state index contributed by atoms with van der Waals surface area (Å²) in [6.07, 6.45) is 9.24. The lowest BCUT2D eigenvalue weighted by atomic mass is 10.0. The van der Waals surface area contributed by atoms with Gasteiger partial charge < -0.3 is 15.0 Å². The fourth-order valence-corrected chi connectivity index (χ4v) is 3.58. The molecule has 35 heavy (non-hydrogen) atoms. The lowest BCUT2D eigenvalue weighted by Crippen LogP contribution is -2.25. The first-order chi connectivity index (χ1) is 16.9. The first kappa shape index (κ1) is 22.5. The number of hydrogen-bond acceptors (Lipinski definition) is 7. The van der Waals surface area contributed by atoms with Gasteiger partial charge in [-0.05, 0) is 30.5 Å². The molecule has 0 aliphatic heterocycles. The molecule has 5 rings (SSSR count). The summed E-state index contributed by atoms with van der Waals surface area (Å²) >= 11 is 6.07. The molecule has 3 heterocycles. The van der Waals surface area contributed by atoms with Crippen LogP contribution in [0.4, 0.5) is 16.2 Å². The van der Waals surface area contributed by atoms with Crippen LogP contribution in [0.15, 0.2) is 66.1 Å². The average molecular weight is 493 g/mol. The second-order valence-electron chi connectivity index (χ2n) is 7.91. The van der Waals surface area contributed by atoms with Crippen LogP contribution in [0.25, 0.3) is 11.1 Å². The second kappa shape index (κ2) is 9.15. The smallest absolute Gasteiger partial charge is 0.263 e. The highest BCUT2D eigenvalue weighted by molar-refractivity contribution is 6.34. The molecule has 1 amide bonds. The Balaban J connectivity index is 1.39. The van der Waals surface area contributed by atoms with Crippen molar-refractivity contribution in [2.24, 2.45) is 0 Å². The third kappa shape index (κ3) is 4.82. The minimum Gasteiger partial charge on any atom is -0.452 e. The van der Waals surface area contributed by atoms with E-state index in [1.807, 2.05) is 4.57 Å². The number of aromatic nitrogens is 4. The summed E-state index contributed by atoms with van der Waals surface area (Å²) in [5.74, 6) is -0.444. The maximum absolute atomic E-state index is 13.4. The van der Waals surface area contributed by atoms with Crippen molar-refractivity contribution in [3.8, 4) is 22.6 Å². The Morgan fingerprint density at radius 1 is 1.11 bits per heavy atom. The van der Waals surface area contributed by atoms with E-state index < -0.39 is 17.2 Å². The van der Waals surface area contributed by atoms with E-state index in [1.165, 1.54) is 55.1 Å². The number of benzene rings is 1. The molecule has 1 saturated carbocycles. The van der Waals surface area contributed by atoms with Gasteiger partial charge in [-0.2, -0.15) is 0 Å². The highest BCUT2D eigenvalue weighted by Gasteiger charge is 2.26. The SMILES string of the molecule is Nc1nccc(Oc2cnc(NC(=O)c3cn(C4CC4)cc(-c4ccc(F)cc4)c3=O)nc2)c1Cl. The predicted molar refractivity (Wildman–Crippen MR) is 128 cm³/mol. The third-order valence-electron chi connectivity index (χ3n) is 5.38. The first-order valence-corrected chi connectivity index (χ1v) is 11.0. The number of hydrogen-bond donors (Lipinski definition) is 2. The molecule has 4 aromatic rings. The van der Waals surface area contributed by atoms with Crippen LogP contribution in [0.2, 0.25) is 5.02 Å². The van der Waals surface area contributed by atoms with E-state index in [1.54, 1.807) is 6.20 Å². The van der Waals surface area contributed by atoms with Gasteiger partial charge in [0.2, 0.25) is 11.4 Å². The molecule has 0 radical (unpaired) electrons. The van der Waals surface area contributed by atoms with Gasteiger partial charge in [0, 0.05) is 36.3 Å². The minimum absolute atomic E-state index is 0.0211. The van der Waals surface area contributed by atoms with Gasteiger partial charge in [-0.25, -0.2) is 19.3 Å². The van der Waals surface area contributed by atoms with Crippen LogP contribution in [0.3, 0.4) is 0 Å². The molecule has 0 saturated heterocycles. The maximum Gasteiger partial charge on any atom is 0.263 e. The van der Waals surface area contributed by atoms with Crippen LogP contribution in [0, 0.1) is 5.82 Å². The molecule has 0 unspecified atom stereocenters. The molecule has 3 aromatic heterocycles. The van der Waals surface area contributed by atoms with E-state index in [2.05, 4.69) is 20.3 Å². The van der Waals surface area contributed by atoms with E-state index in [-0.39, 0.29) is 39.9 Å².